The molecule has 11 nitrogen and oxygen atoms in total. The molecule has 2 fully saturated rings. The number of nitrogens with one attached hydrogen (secondary N) is 3. The van der Waals surface area contributed by atoms with E-state index in [1.807, 2.05) is 0 Å². The number of aryl methyl sites for hydroxylation is 1. The van der Waals surface area contributed by atoms with Crippen molar-refractivity contribution in [1.82, 2.24) is 30.4 Å². The second kappa shape index (κ2) is 9.08. The number of hydrogen-bond acceptors (Lipinski definition) is 7. The van der Waals surface area contributed by atoms with Crippen LogP contribution in [0.5, 0.6) is 0 Å². The topological polar surface area (TPSA) is 148 Å². The fourth-order valence-electron chi connectivity index (χ4n) is 4.64. The Morgan fingerprint density at radius 3 is 2.57 bits per heavy atom. The van der Waals surface area contributed by atoms with Crippen LogP contribution in [0.3, 0.4) is 0 Å². The fourth-order valence-corrected chi connectivity index (χ4v) is 4.64. The molecule has 184 valence electrons. The van der Waals surface area contributed by atoms with Crippen molar-refractivity contribution in [3.63, 3.8) is 0 Å². The Balaban J connectivity index is 1.35. The predicted octanol–water partition coefficient (Wildman–Crippen LogP) is 2.18. The molecule has 2 aliphatic rings. The third-order valence-electron chi connectivity index (χ3n) is 6.77. The van der Waals surface area contributed by atoms with Crippen molar-refractivity contribution in [3.05, 3.63) is 57.8 Å². The molecule has 0 bridgehead atoms. The summed E-state index contributed by atoms with van der Waals surface area (Å²) in [7, 11) is 0. The molecule has 5 rings (SSSR count). The van der Waals surface area contributed by atoms with E-state index in [0.29, 0.717) is 23.2 Å². The van der Waals surface area contributed by atoms with Gasteiger partial charge in [0, 0.05) is 18.0 Å². The van der Waals surface area contributed by atoms with Gasteiger partial charge < -0.3 is 15.6 Å². The standard InChI is InChI=1S/C23H26FN7O4/c1-11-19(30-35-29-11)22(33)28-20(18(13-3-4-13)14-5-6-14)23(34)27-16-9-26-31(10-16)12(2)17-7-15(24)8-25-21(17)32/h7-10,12-14,18,20H,3-6H2,1-2H3,(H,25,32)(H,27,34)(H,28,33). The van der Waals surface area contributed by atoms with Gasteiger partial charge >= 0.3 is 0 Å². The molecule has 0 spiro atoms. The first-order chi connectivity index (χ1) is 16.8. The fraction of sp³-hybridized carbons (Fsp3) is 0.478. The molecule has 2 aliphatic carbocycles. The molecule has 35 heavy (non-hydrogen) atoms. The largest absolute Gasteiger partial charge is 0.338 e. The van der Waals surface area contributed by atoms with Gasteiger partial charge in [-0.15, -0.1) is 0 Å². The van der Waals surface area contributed by atoms with Crippen molar-refractivity contribution in [3.8, 4) is 0 Å². The van der Waals surface area contributed by atoms with E-state index in [1.165, 1.54) is 10.9 Å². The van der Waals surface area contributed by atoms with Crippen LogP contribution in [-0.2, 0) is 4.79 Å². The van der Waals surface area contributed by atoms with Gasteiger partial charge in [0.25, 0.3) is 11.5 Å². The smallest absolute Gasteiger partial charge is 0.276 e. The Labute approximate surface area is 199 Å². The van der Waals surface area contributed by atoms with E-state index >= 15 is 0 Å². The number of carbonyl (C=O) groups excluding carboxylic acids is 2. The number of carbonyl (C=O) groups is 2. The van der Waals surface area contributed by atoms with E-state index in [0.717, 1.165) is 37.9 Å². The minimum absolute atomic E-state index is 0.0268. The maximum absolute atomic E-state index is 13.6. The second-order valence-corrected chi connectivity index (χ2v) is 9.38. The van der Waals surface area contributed by atoms with Crippen LogP contribution in [0.4, 0.5) is 10.1 Å². The summed E-state index contributed by atoms with van der Waals surface area (Å²) in [5.74, 6) is -0.625. The van der Waals surface area contributed by atoms with Gasteiger partial charge in [-0.25, -0.2) is 9.02 Å². The normalized spacial score (nSPS) is 17.3. The van der Waals surface area contributed by atoms with Crippen molar-refractivity contribution >= 4 is 17.5 Å². The molecule has 3 N–H and O–H groups in total. The molecule has 0 aromatic carbocycles. The Bertz CT molecular complexity index is 1290. The highest BCUT2D eigenvalue weighted by atomic mass is 19.1. The SMILES string of the molecule is Cc1nonc1C(=O)NC(C(=O)Nc1cnn(C(C)c2cc(F)c[nH]c2=O)c1)C(C1CC1)C1CC1. The quantitative estimate of drug-likeness (QED) is 0.422. The van der Waals surface area contributed by atoms with Gasteiger partial charge in [-0.2, -0.15) is 5.10 Å². The van der Waals surface area contributed by atoms with Crippen molar-refractivity contribution in [1.29, 1.82) is 0 Å². The lowest BCUT2D eigenvalue weighted by molar-refractivity contribution is -0.119. The van der Waals surface area contributed by atoms with Gasteiger partial charge in [0.1, 0.15) is 17.6 Å². The van der Waals surface area contributed by atoms with E-state index in [9.17, 15) is 18.8 Å². The molecule has 0 saturated heterocycles. The first-order valence-corrected chi connectivity index (χ1v) is 11.6. The Kier molecular flexibility index (Phi) is 5.95. The molecule has 3 aromatic heterocycles. The number of pyridine rings is 1. The summed E-state index contributed by atoms with van der Waals surface area (Å²) in [4.78, 5) is 40.8. The molecule has 2 unspecified atom stereocenters. The van der Waals surface area contributed by atoms with Crippen molar-refractivity contribution in [2.24, 2.45) is 17.8 Å². The number of amides is 2. The molecule has 2 amide bonds. The van der Waals surface area contributed by atoms with Crippen molar-refractivity contribution < 1.29 is 18.6 Å². The minimum atomic E-state index is -0.759. The number of anilines is 1. The molecule has 0 radical (unpaired) electrons. The van der Waals surface area contributed by atoms with Crippen LogP contribution < -0.4 is 16.2 Å². The molecule has 3 aromatic rings. The summed E-state index contributed by atoms with van der Waals surface area (Å²) in [6.45, 7) is 3.31. The van der Waals surface area contributed by atoms with Gasteiger partial charge in [0.05, 0.1) is 17.9 Å². The molecular formula is C23H26FN7O4. The Morgan fingerprint density at radius 2 is 1.94 bits per heavy atom. The first-order valence-electron chi connectivity index (χ1n) is 11.6. The van der Waals surface area contributed by atoms with Gasteiger partial charge in [0.2, 0.25) is 5.91 Å². The third kappa shape index (κ3) is 4.86. The van der Waals surface area contributed by atoms with Crippen LogP contribution in [0.25, 0.3) is 0 Å². The van der Waals surface area contributed by atoms with Crippen LogP contribution in [-0.4, -0.2) is 42.9 Å². The Hall–Kier alpha value is -3.83. The van der Waals surface area contributed by atoms with E-state index in [1.54, 1.807) is 20.0 Å². The number of nitrogens with zero attached hydrogens (tertiary/aromatic N) is 4. The molecule has 2 saturated carbocycles. The van der Waals surface area contributed by atoms with Gasteiger partial charge in [0.15, 0.2) is 5.69 Å². The summed E-state index contributed by atoms with van der Waals surface area (Å²) in [5, 5.41) is 17.3. The van der Waals surface area contributed by atoms with E-state index in [2.05, 4.69) is 35.7 Å². The number of hydrogen-bond donors (Lipinski definition) is 3. The summed E-state index contributed by atoms with van der Waals surface area (Å²) in [5.41, 5.74) is 0.583. The van der Waals surface area contributed by atoms with Crippen LogP contribution in [0, 0.1) is 30.5 Å². The average molecular weight is 484 g/mol. The van der Waals surface area contributed by atoms with Gasteiger partial charge in [-0.1, -0.05) is 5.16 Å². The average Bonchev–Trinajstić information content (AvgIpc) is 3.76. The second-order valence-electron chi connectivity index (χ2n) is 9.38. The van der Waals surface area contributed by atoms with Crippen LogP contribution in [0.1, 0.15) is 60.4 Å². The lowest BCUT2D eigenvalue weighted by Crippen LogP contribution is -2.50. The maximum Gasteiger partial charge on any atom is 0.276 e. The van der Waals surface area contributed by atoms with Crippen LogP contribution in [0.15, 0.2) is 34.1 Å². The summed E-state index contributed by atoms with van der Waals surface area (Å²) < 4.78 is 19.7. The number of aromatic nitrogens is 5. The number of halogens is 1. The van der Waals surface area contributed by atoms with E-state index in [-0.39, 0.29) is 23.1 Å². The highest BCUT2D eigenvalue weighted by molar-refractivity contribution is 6.00. The highest BCUT2D eigenvalue weighted by Gasteiger charge is 2.48. The monoisotopic (exact) mass is 483 g/mol. The predicted molar refractivity (Wildman–Crippen MR) is 121 cm³/mol. The molecular weight excluding hydrogens is 457 g/mol. The summed E-state index contributed by atoms with van der Waals surface area (Å²) >= 11 is 0. The van der Waals surface area contributed by atoms with Gasteiger partial charge in [-0.05, 0) is 68.5 Å². The highest BCUT2D eigenvalue weighted by Crippen LogP contribution is 2.50. The number of H-pyrrole nitrogens is 1. The lowest BCUT2D eigenvalue weighted by atomic mass is 9.88. The number of aromatic amines is 1. The molecule has 3 heterocycles. The minimum Gasteiger partial charge on any atom is -0.338 e. The summed E-state index contributed by atoms with van der Waals surface area (Å²) in [6.07, 6.45) is 8.14. The zero-order chi connectivity index (χ0) is 24.7. The first kappa shape index (κ1) is 22.9. The molecule has 2 atom stereocenters. The van der Waals surface area contributed by atoms with Gasteiger partial charge in [-0.3, -0.25) is 19.1 Å². The number of rotatable bonds is 9. The lowest BCUT2D eigenvalue weighted by Gasteiger charge is -2.27. The Morgan fingerprint density at radius 1 is 1.23 bits per heavy atom. The maximum atomic E-state index is 13.6. The summed E-state index contributed by atoms with van der Waals surface area (Å²) in [6, 6.07) is -0.166. The van der Waals surface area contributed by atoms with Crippen LogP contribution in [0.2, 0.25) is 0 Å². The van der Waals surface area contributed by atoms with Crippen molar-refractivity contribution in [2.75, 3.05) is 5.32 Å². The third-order valence-corrected chi connectivity index (χ3v) is 6.77. The van der Waals surface area contributed by atoms with Crippen LogP contribution >= 0.6 is 0 Å². The van der Waals surface area contributed by atoms with E-state index < -0.39 is 29.4 Å². The molecule has 0 aliphatic heterocycles. The van der Waals surface area contributed by atoms with Crippen molar-refractivity contribution in [2.45, 2.75) is 51.6 Å². The zero-order valence-electron chi connectivity index (χ0n) is 19.3. The van der Waals surface area contributed by atoms with E-state index in [4.69, 9.17) is 0 Å². The zero-order valence-corrected chi connectivity index (χ0v) is 19.3. The molecule has 12 heteroatoms.